The van der Waals surface area contributed by atoms with Gasteiger partial charge in [0.1, 0.15) is 0 Å². The van der Waals surface area contributed by atoms with E-state index in [0.717, 1.165) is 25.1 Å². The van der Waals surface area contributed by atoms with Gasteiger partial charge in [-0.25, -0.2) is 0 Å². The van der Waals surface area contributed by atoms with Gasteiger partial charge in [-0.05, 0) is 54.1 Å². The number of carbonyl (C=O) groups excluding carboxylic acids is 1. The minimum Gasteiger partial charge on any atom is -0.340 e. The highest BCUT2D eigenvalue weighted by Gasteiger charge is 2.28. The number of aromatic nitrogens is 2. The molecule has 1 aromatic heterocycles. The lowest BCUT2D eigenvalue weighted by Crippen LogP contribution is -2.45. The monoisotopic (exact) mass is 320 g/mol. The van der Waals surface area contributed by atoms with Crippen LogP contribution in [0.3, 0.4) is 0 Å². The van der Waals surface area contributed by atoms with Crippen LogP contribution < -0.4 is 0 Å². The maximum Gasteiger partial charge on any atom is 0.239 e. The molecule has 1 atom stereocenters. The minimum atomic E-state index is 0.0308. The van der Waals surface area contributed by atoms with Crippen LogP contribution in [0.15, 0.2) is 0 Å². The summed E-state index contributed by atoms with van der Waals surface area (Å²) in [5, 5.41) is 4.63. The molecule has 23 heavy (non-hydrogen) atoms. The van der Waals surface area contributed by atoms with E-state index in [4.69, 9.17) is 0 Å². The molecule has 0 radical (unpaired) electrons. The summed E-state index contributed by atoms with van der Waals surface area (Å²) < 4.78 is 2.06. The third kappa shape index (κ3) is 3.94. The van der Waals surface area contributed by atoms with Gasteiger partial charge in [-0.3, -0.25) is 14.4 Å². The summed E-state index contributed by atoms with van der Waals surface area (Å²) in [6.07, 6.45) is 4.56. The van der Waals surface area contributed by atoms with Gasteiger partial charge in [-0.15, -0.1) is 0 Å². The third-order valence-corrected chi connectivity index (χ3v) is 5.04. The second-order valence-electron chi connectivity index (χ2n) is 7.23. The largest absolute Gasteiger partial charge is 0.340 e. The maximum atomic E-state index is 12.9. The van der Waals surface area contributed by atoms with Gasteiger partial charge in [0, 0.05) is 30.9 Å². The smallest absolute Gasteiger partial charge is 0.239 e. The Morgan fingerprint density at radius 1 is 1.30 bits per heavy atom. The molecular formula is C18H32N4O. The number of aryl methyl sites for hydroxylation is 1. The first kappa shape index (κ1) is 18.0. The van der Waals surface area contributed by atoms with Crippen LogP contribution in [0.4, 0.5) is 0 Å². The first-order valence-corrected chi connectivity index (χ1v) is 8.82. The molecule has 0 saturated carbocycles. The summed E-state index contributed by atoms with van der Waals surface area (Å²) in [6, 6.07) is 0.375. The Bertz CT molecular complexity index is 549. The van der Waals surface area contributed by atoms with Crippen molar-refractivity contribution in [1.82, 2.24) is 19.6 Å². The van der Waals surface area contributed by atoms with E-state index < -0.39 is 0 Å². The molecule has 5 nitrogen and oxygen atoms in total. The van der Waals surface area contributed by atoms with Crippen molar-refractivity contribution in [3.63, 3.8) is 0 Å². The first-order chi connectivity index (χ1) is 10.8. The molecule has 1 aliphatic heterocycles. The van der Waals surface area contributed by atoms with Crippen molar-refractivity contribution in [2.45, 2.75) is 72.0 Å². The molecule has 0 N–H and O–H groups in total. The van der Waals surface area contributed by atoms with E-state index in [1.54, 1.807) is 0 Å². The van der Waals surface area contributed by atoms with Crippen LogP contribution in [-0.2, 0) is 11.3 Å². The van der Waals surface area contributed by atoms with E-state index in [-0.39, 0.29) is 11.9 Å². The predicted molar refractivity (Wildman–Crippen MR) is 93.4 cm³/mol. The SMILES string of the molecule is Cc1nn(C(C)C)c(C)c1CN(C)C(=O)C1CCCCCN1C. The van der Waals surface area contributed by atoms with Gasteiger partial charge >= 0.3 is 0 Å². The third-order valence-electron chi connectivity index (χ3n) is 5.04. The number of nitrogens with zero attached hydrogens (tertiary/aromatic N) is 4. The Hall–Kier alpha value is -1.36. The van der Waals surface area contributed by atoms with Crippen molar-refractivity contribution in [3.05, 3.63) is 17.0 Å². The highest BCUT2D eigenvalue weighted by molar-refractivity contribution is 5.81. The Morgan fingerprint density at radius 3 is 2.61 bits per heavy atom. The normalized spacial score (nSPS) is 19.9. The molecule has 2 rings (SSSR count). The quantitative estimate of drug-likeness (QED) is 0.856. The van der Waals surface area contributed by atoms with Gasteiger partial charge in [0.05, 0.1) is 11.7 Å². The van der Waals surface area contributed by atoms with Crippen LogP contribution in [0, 0.1) is 13.8 Å². The van der Waals surface area contributed by atoms with Crippen LogP contribution in [0.1, 0.15) is 62.5 Å². The van der Waals surface area contributed by atoms with Gasteiger partial charge in [-0.1, -0.05) is 12.8 Å². The van der Waals surface area contributed by atoms with Crippen LogP contribution in [0.25, 0.3) is 0 Å². The van der Waals surface area contributed by atoms with Crippen molar-refractivity contribution in [2.24, 2.45) is 0 Å². The average molecular weight is 320 g/mol. The Balaban J connectivity index is 2.12. The van der Waals surface area contributed by atoms with E-state index in [2.05, 4.69) is 42.5 Å². The number of likely N-dealkylation sites (tertiary alicyclic amines) is 1. The Kier molecular flexibility index (Phi) is 5.84. The second-order valence-corrected chi connectivity index (χ2v) is 7.23. The van der Waals surface area contributed by atoms with Crippen molar-refractivity contribution in [1.29, 1.82) is 0 Å². The van der Waals surface area contributed by atoms with Gasteiger partial charge in [0.25, 0.3) is 0 Å². The molecule has 130 valence electrons. The fourth-order valence-electron chi connectivity index (χ4n) is 3.56. The number of carbonyl (C=O) groups is 1. The number of rotatable bonds is 4. The van der Waals surface area contributed by atoms with Crippen molar-refractivity contribution >= 4 is 5.91 Å². The lowest BCUT2D eigenvalue weighted by atomic mass is 10.1. The molecule has 1 aromatic rings. The summed E-state index contributed by atoms with van der Waals surface area (Å²) >= 11 is 0. The molecular weight excluding hydrogens is 288 g/mol. The highest BCUT2D eigenvalue weighted by Crippen LogP contribution is 2.21. The molecule has 0 spiro atoms. The predicted octanol–water partition coefficient (Wildman–Crippen LogP) is 2.91. The van der Waals surface area contributed by atoms with Gasteiger partial charge < -0.3 is 4.90 Å². The molecule has 0 bridgehead atoms. The number of hydrogen-bond donors (Lipinski definition) is 0. The summed E-state index contributed by atoms with van der Waals surface area (Å²) in [7, 11) is 4.00. The van der Waals surface area contributed by atoms with Crippen LogP contribution in [0.2, 0.25) is 0 Å². The topological polar surface area (TPSA) is 41.4 Å². The number of likely N-dealkylation sites (N-methyl/N-ethyl adjacent to an activating group) is 2. The molecule has 0 aromatic carbocycles. The van der Waals surface area contributed by atoms with Crippen molar-refractivity contribution in [3.8, 4) is 0 Å². The van der Waals surface area contributed by atoms with E-state index >= 15 is 0 Å². The molecule has 0 aliphatic carbocycles. The van der Waals surface area contributed by atoms with E-state index in [1.807, 2.05) is 18.9 Å². The zero-order valence-electron chi connectivity index (χ0n) is 15.6. The van der Waals surface area contributed by atoms with E-state index in [0.29, 0.717) is 12.6 Å². The zero-order valence-corrected chi connectivity index (χ0v) is 15.6. The fraction of sp³-hybridized carbons (Fsp3) is 0.778. The standard InChI is InChI=1S/C18H32N4O/c1-13(2)22-15(4)16(14(3)19-22)12-21(6)18(23)17-10-8-7-9-11-20(17)5/h13,17H,7-12H2,1-6H3. The van der Waals surface area contributed by atoms with Crippen molar-refractivity contribution in [2.75, 3.05) is 20.6 Å². The molecule has 1 amide bonds. The molecule has 1 saturated heterocycles. The summed E-state index contributed by atoms with van der Waals surface area (Å²) in [6.45, 7) is 10.1. The summed E-state index contributed by atoms with van der Waals surface area (Å²) in [4.78, 5) is 17.0. The summed E-state index contributed by atoms with van der Waals surface area (Å²) in [5.74, 6) is 0.241. The first-order valence-electron chi connectivity index (χ1n) is 8.82. The van der Waals surface area contributed by atoms with Crippen LogP contribution in [-0.4, -0.2) is 52.2 Å². The molecule has 1 unspecified atom stereocenters. The molecule has 5 heteroatoms. The van der Waals surface area contributed by atoms with Crippen molar-refractivity contribution < 1.29 is 4.79 Å². The highest BCUT2D eigenvalue weighted by atomic mass is 16.2. The van der Waals surface area contributed by atoms with E-state index in [9.17, 15) is 4.79 Å². The summed E-state index contributed by atoms with van der Waals surface area (Å²) in [5.41, 5.74) is 3.39. The zero-order chi connectivity index (χ0) is 17.1. The number of amides is 1. The number of hydrogen-bond acceptors (Lipinski definition) is 3. The van der Waals surface area contributed by atoms with Gasteiger partial charge in [-0.2, -0.15) is 5.10 Å². The molecule has 1 fully saturated rings. The lowest BCUT2D eigenvalue weighted by molar-refractivity contribution is -0.135. The van der Waals surface area contributed by atoms with E-state index in [1.165, 1.54) is 24.1 Å². The average Bonchev–Trinajstić information content (AvgIpc) is 2.66. The minimum absolute atomic E-state index is 0.0308. The van der Waals surface area contributed by atoms with Gasteiger partial charge in [0.15, 0.2) is 0 Å². The molecule has 2 heterocycles. The maximum absolute atomic E-state index is 12.9. The Morgan fingerprint density at radius 2 is 2.00 bits per heavy atom. The Labute approximate surface area is 140 Å². The molecule has 1 aliphatic rings. The lowest BCUT2D eigenvalue weighted by Gasteiger charge is -2.29. The second kappa shape index (κ2) is 7.47. The fourth-order valence-corrected chi connectivity index (χ4v) is 3.56. The van der Waals surface area contributed by atoms with Crippen LogP contribution in [0.5, 0.6) is 0 Å². The van der Waals surface area contributed by atoms with Gasteiger partial charge in [0.2, 0.25) is 5.91 Å². The van der Waals surface area contributed by atoms with Crippen LogP contribution >= 0.6 is 0 Å².